The van der Waals surface area contributed by atoms with Crippen molar-refractivity contribution in [3.63, 3.8) is 0 Å². The number of nitrogens with one attached hydrogen (secondary N) is 1. The first-order valence-electron chi connectivity index (χ1n) is 7.39. The van der Waals surface area contributed by atoms with Crippen molar-refractivity contribution < 1.29 is 4.79 Å². The first-order chi connectivity index (χ1) is 9.65. The van der Waals surface area contributed by atoms with E-state index in [1.54, 1.807) is 0 Å². The molecule has 20 heavy (non-hydrogen) atoms. The number of carbonyl (C=O) groups excluding carboxylic acids is 1. The van der Waals surface area contributed by atoms with E-state index in [2.05, 4.69) is 29.9 Å². The number of aromatic amines is 1. The number of fused-ring (bicyclic) bond motifs is 1. The molecule has 2 heterocycles. The molecule has 0 saturated carbocycles. The van der Waals surface area contributed by atoms with Crippen LogP contribution in [0.5, 0.6) is 0 Å². The fourth-order valence-electron chi connectivity index (χ4n) is 3.02. The van der Waals surface area contributed by atoms with Gasteiger partial charge in [-0.05, 0) is 38.3 Å². The van der Waals surface area contributed by atoms with Gasteiger partial charge in [0.05, 0.1) is 11.0 Å². The van der Waals surface area contributed by atoms with Crippen LogP contribution in [0.15, 0.2) is 18.2 Å². The van der Waals surface area contributed by atoms with Crippen LogP contribution >= 0.6 is 0 Å². The van der Waals surface area contributed by atoms with Crippen LogP contribution in [0.4, 0.5) is 0 Å². The lowest BCUT2D eigenvalue weighted by molar-refractivity contribution is -0.131. The summed E-state index contributed by atoms with van der Waals surface area (Å²) in [6.45, 7) is 5.11. The molecule has 1 aromatic carbocycles. The molecule has 1 aliphatic heterocycles. The zero-order chi connectivity index (χ0) is 14.1. The van der Waals surface area contributed by atoms with Gasteiger partial charge in [0.15, 0.2) is 0 Å². The predicted octanol–water partition coefficient (Wildman–Crippen LogP) is 2.81. The topological polar surface area (TPSA) is 49.0 Å². The zero-order valence-electron chi connectivity index (χ0n) is 12.1. The summed E-state index contributed by atoms with van der Waals surface area (Å²) in [6.07, 6.45) is 3.51. The molecule has 2 aromatic rings. The third-order valence-corrected chi connectivity index (χ3v) is 4.21. The maximum absolute atomic E-state index is 12.2. The summed E-state index contributed by atoms with van der Waals surface area (Å²) in [4.78, 5) is 22.1. The van der Waals surface area contributed by atoms with Crippen LogP contribution < -0.4 is 0 Å². The second kappa shape index (κ2) is 5.27. The molecule has 3 rings (SSSR count). The molecule has 0 aliphatic carbocycles. The molecule has 1 fully saturated rings. The summed E-state index contributed by atoms with van der Waals surface area (Å²) in [7, 11) is 0. The summed E-state index contributed by atoms with van der Waals surface area (Å²) in [5.74, 6) is 1.17. The first kappa shape index (κ1) is 13.2. The number of aromatic nitrogens is 2. The summed E-state index contributed by atoms with van der Waals surface area (Å²) in [5.41, 5.74) is 3.25. The quantitative estimate of drug-likeness (QED) is 0.933. The van der Waals surface area contributed by atoms with Gasteiger partial charge in [-0.25, -0.2) is 4.98 Å². The Morgan fingerprint density at radius 1 is 1.50 bits per heavy atom. The highest BCUT2D eigenvalue weighted by atomic mass is 16.2. The average molecular weight is 271 g/mol. The number of aryl methyl sites for hydroxylation is 2. The molecule has 1 amide bonds. The molecule has 4 nitrogen and oxygen atoms in total. The molecule has 0 spiro atoms. The van der Waals surface area contributed by atoms with Crippen molar-refractivity contribution in [3.8, 4) is 0 Å². The number of benzene rings is 1. The number of H-pyrrole nitrogens is 1. The third-order valence-electron chi connectivity index (χ3n) is 4.21. The number of amides is 1. The zero-order valence-corrected chi connectivity index (χ0v) is 12.1. The van der Waals surface area contributed by atoms with Crippen molar-refractivity contribution in [3.05, 3.63) is 29.6 Å². The summed E-state index contributed by atoms with van der Waals surface area (Å²) in [6, 6.07) is 6.52. The Labute approximate surface area is 119 Å². The van der Waals surface area contributed by atoms with Gasteiger partial charge in [0.25, 0.3) is 0 Å². The lowest BCUT2D eigenvalue weighted by atomic mass is 10.2. The SMILES string of the molecule is Cc1cccc2[nH]c(CCC(=O)N3CCC[C@H]3C)nc12. The minimum absolute atomic E-state index is 0.257. The molecule has 0 radical (unpaired) electrons. The van der Waals surface area contributed by atoms with Crippen LogP contribution in [0, 0.1) is 6.92 Å². The number of hydrogen-bond acceptors (Lipinski definition) is 2. The Morgan fingerprint density at radius 3 is 3.05 bits per heavy atom. The van der Waals surface area contributed by atoms with Crippen LogP contribution in [0.3, 0.4) is 0 Å². The molecule has 1 aromatic heterocycles. The van der Waals surface area contributed by atoms with Crippen molar-refractivity contribution in [2.75, 3.05) is 6.54 Å². The normalized spacial score (nSPS) is 18.9. The number of hydrogen-bond donors (Lipinski definition) is 1. The molecular formula is C16H21N3O. The molecule has 1 atom stereocenters. The lowest BCUT2D eigenvalue weighted by Gasteiger charge is -2.21. The van der Waals surface area contributed by atoms with E-state index in [9.17, 15) is 4.79 Å². The van der Waals surface area contributed by atoms with Crippen LogP contribution in [-0.2, 0) is 11.2 Å². The Morgan fingerprint density at radius 2 is 2.35 bits per heavy atom. The number of rotatable bonds is 3. The third kappa shape index (κ3) is 2.42. The Kier molecular flexibility index (Phi) is 3.47. The second-order valence-electron chi connectivity index (χ2n) is 5.73. The van der Waals surface area contributed by atoms with E-state index in [1.807, 2.05) is 17.0 Å². The number of carbonyl (C=O) groups is 1. The average Bonchev–Trinajstić information content (AvgIpc) is 3.03. The van der Waals surface area contributed by atoms with Crippen molar-refractivity contribution in [1.29, 1.82) is 0 Å². The monoisotopic (exact) mass is 271 g/mol. The number of imidazole rings is 1. The molecule has 0 unspecified atom stereocenters. The van der Waals surface area contributed by atoms with Crippen molar-refractivity contribution >= 4 is 16.9 Å². The highest BCUT2D eigenvalue weighted by molar-refractivity contribution is 5.79. The molecule has 1 aliphatic rings. The van der Waals surface area contributed by atoms with Gasteiger partial charge < -0.3 is 9.88 Å². The van der Waals surface area contributed by atoms with Crippen molar-refractivity contribution in [2.24, 2.45) is 0 Å². The molecular weight excluding hydrogens is 250 g/mol. The fraction of sp³-hybridized carbons (Fsp3) is 0.500. The van der Waals surface area contributed by atoms with Gasteiger partial charge >= 0.3 is 0 Å². The van der Waals surface area contributed by atoms with Crippen LogP contribution in [0.25, 0.3) is 11.0 Å². The van der Waals surface area contributed by atoms with Gasteiger partial charge in [0, 0.05) is 25.4 Å². The minimum Gasteiger partial charge on any atom is -0.342 e. The number of likely N-dealkylation sites (tertiary alicyclic amines) is 1. The molecule has 4 heteroatoms. The van der Waals surface area contributed by atoms with Gasteiger partial charge in [0.2, 0.25) is 5.91 Å². The van der Waals surface area contributed by atoms with E-state index >= 15 is 0 Å². The van der Waals surface area contributed by atoms with E-state index in [1.165, 1.54) is 5.56 Å². The van der Waals surface area contributed by atoms with Gasteiger partial charge in [-0.2, -0.15) is 0 Å². The maximum Gasteiger partial charge on any atom is 0.223 e. The molecule has 106 valence electrons. The Balaban J connectivity index is 1.68. The largest absolute Gasteiger partial charge is 0.342 e. The summed E-state index contributed by atoms with van der Waals surface area (Å²) >= 11 is 0. The van der Waals surface area contributed by atoms with Crippen molar-refractivity contribution in [1.82, 2.24) is 14.9 Å². The van der Waals surface area contributed by atoms with Gasteiger partial charge in [-0.3, -0.25) is 4.79 Å². The van der Waals surface area contributed by atoms with Gasteiger partial charge in [0.1, 0.15) is 5.82 Å². The maximum atomic E-state index is 12.2. The molecule has 1 saturated heterocycles. The van der Waals surface area contributed by atoms with Gasteiger partial charge in [-0.15, -0.1) is 0 Å². The number of para-hydroxylation sites is 1. The lowest BCUT2D eigenvalue weighted by Crippen LogP contribution is -2.33. The van der Waals surface area contributed by atoms with E-state index in [0.29, 0.717) is 18.9 Å². The fourth-order valence-corrected chi connectivity index (χ4v) is 3.02. The summed E-state index contributed by atoms with van der Waals surface area (Å²) < 4.78 is 0. The van der Waals surface area contributed by atoms with Gasteiger partial charge in [-0.1, -0.05) is 12.1 Å². The minimum atomic E-state index is 0.257. The van der Waals surface area contributed by atoms with Crippen LogP contribution in [-0.4, -0.2) is 33.4 Å². The standard InChI is InChI=1S/C16H21N3O/c1-11-5-3-7-13-16(11)18-14(17-13)8-9-15(20)19-10-4-6-12(19)2/h3,5,7,12H,4,6,8-10H2,1-2H3,(H,17,18)/t12-/m1/s1. The smallest absolute Gasteiger partial charge is 0.223 e. The highest BCUT2D eigenvalue weighted by Crippen LogP contribution is 2.19. The predicted molar refractivity (Wildman–Crippen MR) is 79.6 cm³/mol. The van der Waals surface area contributed by atoms with E-state index < -0.39 is 0 Å². The van der Waals surface area contributed by atoms with Crippen molar-refractivity contribution in [2.45, 2.75) is 45.6 Å². The molecule has 1 N–H and O–H groups in total. The highest BCUT2D eigenvalue weighted by Gasteiger charge is 2.24. The van der Waals surface area contributed by atoms with E-state index in [-0.39, 0.29) is 5.91 Å². The molecule has 0 bridgehead atoms. The van der Waals surface area contributed by atoms with Crippen LogP contribution in [0.1, 0.15) is 37.6 Å². The van der Waals surface area contributed by atoms with Crippen LogP contribution in [0.2, 0.25) is 0 Å². The van der Waals surface area contributed by atoms with E-state index in [4.69, 9.17) is 0 Å². The summed E-state index contributed by atoms with van der Waals surface area (Å²) in [5, 5.41) is 0. The second-order valence-corrected chi connectivity index (χ2v) is 5.73. The Bertz CT molecular complexity index is 632. The number of nitrogens with zero attached hydrogens (tertiary/aromatic N) is 2. The van der Waals surface area contributed by atoms with E-state index in [0.717, 1.165) is 36.2 Å². The first-order valence-corrected chi connectivity index (χ1v) is 7.39. The Hall–Kier alpha value is -1.84.